The van der Waals surface area contributed by atoms with Crippen molar-refractivity contribution >= 4 is 22.2 Å². The van der Waals surface area contributed by atoms with E-state index in [4.69, 9.17) is 14.2 Å². The minimum absolute atomic E-state index is 0.0195. The number of carbonyl (C=O) groups is 2. The minimum Gasteiger partial charge on any atom is -0.497 e. The van der Waals surface area contributed by atoms with E-state index in [9.17, 15) is 23.1 Å². The molecule has 2 amide bonds. The third kappa shape index (κ3) is 8.18. The lowest BCUT2D eigenvalue weighted by atomic mass is 10.0. The number of hydrogen-bond donors (Lipinski definition) is 2. The fourth-order valence-corrected chi connectivity index (χ4v) is 7.34. The molecule has 2 N–H and O–H groups in total. The number of amides is 2. The number of aliphatic hydroxyl groups excluding tert-OH is 1. The average molecular weight is 618 g/mol. The van der Waals surface area contributed by atoms with Gasteiger partial charge in [0.25, 0.3) is 0 Å². The molecule has 0 unspecified atom stereocenters. The zero-order valence-electron chi connectivity index (χ0n) is 25.2. The molecule has 12 heteroatoms. The van der Waals surface area contributed by atoms with E-state index in [1.165, 1.54) is 23.5 Å². The van der Waals surface area contributed by atoms with Gasteiger partial charge in [0.05, 0.1) is 30.2 Å². The fourth-order valence-electron chi connectivity index (χ4n) is 5.71. The van der Waals surface area contributed by atoms with E-state index in [2.05, 4.69) is 5.32 Å². The zero-order valence-corrected chi connectivity index (χ0v) is 26.0. The van der Waals surface area contributed by atoms with Crippen LogP contribution < -0.4 is 10.1 Å². The normalized spacial score (nSPS) is 21.4. The third-order valence-electron chi connectivity index (χ3n) is 7.78. The van der Waals surface area contributed by atoms with Gasteiger partial charge in [-0.05, 0) is 48.6 Å². The summed E-state index contributed by atoms with van der Waals surface area (Å²) in [7, 11) is -2.46. The van der Waals surface area contributed by atoms with Gasteiger partial charge in [-0.25, -0.2) is 18.0 Å². The fraction of sp³-hybridized carbons (Fsp3) is 0.548. The molecule has 11 nitrogen and oxygen atoms in total. The molecule has 5 atom stereocenters. The Morgan fingerprint density at radius 1 is 1.12 bits per heavy atom. The molecular formula is C31H43N3O8S. The molecule has 236 valence electrons. The van der Waals surface area contributed by atoms with Gasteiger partial charge >= 0.3 is 12.2 Å². The summed E-state index contributed by atoms with van der Waals surface area (Å²) in [5, 5.41) is 14.2. The number of methoxy groups -OCH3 is 1. The van der Waals surface area contributed by atoms with Crippen molar-refractivity contribution in [2.45, 2.75) is 81.7 Å². The molecule has 1 aliphatic heterocycles. The SMILES string of the molecule is CCCN1C(=O)O[C@@H]2C[C@H](OC(=O)N[C@@H](Cc3ccccc3)[C@H](O)CN(CC(C)C)S(=O)(=O)c3ccc(OC)cc3)C[C@@H]21. The van der Waals surface area contributed by atoms with Crippen LogP contribution in [0.1, 0.15) is 45.6 Å². The Morgan fingerprint density at radius 3 is 2.44 bits per heavy atom. The topological polar surface area (TPSA) is 135 Å². The second-order valence-corrected chi connectivity index (χ2v) is 13.5. The summed E-state index contributed by atoms with van der Waals surface area (Å²) in [5.41, 5.74) is 0.859. The van der Waals surface area contributed by atoms with Crippen molar-refractivity contribution in [3.8, 4) is 5.75 Å². The molecular weight excluding hydrogens is 574 g/mol. The highest BCUT2D eigenvalue weighted by Crippen LogP contribution is 2.35. The standard InChI is InChI=1S/C31H43N3O8S/c1-5-15-34-27-17-24(18-29(27)42-31(34)37)41-30(36)32-26(16-22-9-7-6-8-10-22)28(35)20-33(19-21(2)3)43(38,39)25-13-11-23(40-4)12-14-25/h6-14,21,24,26-29,35H,5,15-20H2,1-4H3,(H,32,36)/t24-,26+,27+,28-,29-/m1/s1. The number of alkyl carbamates (subject to hydrolysis) is 1. The van der Waals surface area contributed by atoms with Crippen LogP contribution in [0.4, 0.5) is 9.59 Å². The Morgan fingerprint density at radius 2 is 1.81 bits per heavy atom. The Bertz CT molecular complexity index is 1320. The van der Waals surface area contributed by atoms with E-state index < -0.39 is 34.4 Å². The van der Waals surface area contributed by atoms with Crippen molar-refractivity contribution in [3.63, 3.8) is 0 Å². The van der Waals surface area contributed by atoms with Crippen LogP contribution in [-0.2, 0) is 25.9 Å². The molecule has 0 aromatic heterocycles. The molecule has 1 saturated heterocycles. The van der Waals surface area contributed by atoms with Crippen molar-refractivity contribution in [3.05, 3.63) is 60.2 Å². The van der Waals surface area contributed by atoms with Crippen LogP contribution >= 0.6 is 0 Å². The summed E-state index contributed by atoms with van der Waals surface area (Å²) in [5.74, 6) is 0.510. The number of benzene rings is 2. The highest BCUT2D eigenvalue weighted by Gasteiger charge is 2.49. The van der Waals surface area contributed by atoms with Crippen LogP contribution in [0.15, 0.2) is 59.5 Å². The first-order chi connectivity index (χ1) is 20.5. The molecule has 2 fully saturated rings. The van der Waals surface area contributed by atoms with E-state index in [0.29, 0.717) is 25.1 Å². The maximum absolute atomic E-state index is 13.7. The monoisotopic (exact) mass is 617 g/mol. The molecule has 2 aromatic rings. The third-order valence-corrected chi connectivity index (χ3v) is 9.62. The lowest BCUT2D eigenvalue weighted by Gasteiger charge is -2.31. The highest BCUT2D eigenvalue weighted by atomic mass is 32.2. The van der Waals surface area contributed by atoms with Crippen molar-refractivity contribution in [2.75, 3.05) is 26.7 Å². The Labute approximate surface area is 254 Å². The first kappa shape index (κ1) is 32.6. The van der Waals surface area contributed by atoms with Crippen LogP contribution in [-0.4, -0.2) is 92.1 Å². The summed E-state index contributed by atoms with van der Waals surface area (Å²) < 4.78 is 44.9. The van der Waals surface area contributed by atoms with Crippen LogP contribution in [0.3, 0.4) is 0 Å². The molecule has 2 aromatic carbocycles. The van der Waals surface area contributed by atoms with Crippen LogP contribution in [0.25, 0.3) is 0 Å². The number of hydrogen-bond acceptors (Lipinski definition) is 8. The van der Waals surface area contributed by atoms with Crippen LogP contribution in [0, 0.1) is 5.92 Å². The number of nitrogens with zero attached hydrogens (tertiary/aromatic N) is 2. The Kier molecular flexibility index (Phi) is 10.9. The van der Waals surface area contributed by atoms with E-state index in [-0.39, 0.29) is 48.6 Å². The van der Waals surface area contributed by atoms with Crippen molar-refractivity contribution in [1.82, 2.24) is 14.5 Å². The van der Waals surface area contributed by atoms with Gasteiger partial charge in [0.2, 0.25) is 10.0 Å². The first-order valence-corrected chi connectivity index (χ1v) is 16.3. The van der Waals surface area contributed by atoms with Crippen LogP contribution in [0.5, 0.6) is 5.75 Å². The highest BCUT2D eigenvalue weighted by molar-refractivity contribution is 7.89. The predicted molar refractivity (Wildman–Crippen MR) is 160 cm³/mol. The number of ether oxygens (including phenoxy) is 3. The van der Waals surface area contributed by atoms with Crippen molar-refractivity contribution in [1.29, 1.82) is 0 Å². The summed E-state index contributed by atoms with van der Waals surface area (Å²) >= 11 is 0. The molecule has 2 aliphatic rings. The molecule has 1 aliphatic carbocycles. The lowest BCUT2D eigenvalue weighted by Crippen LogP contribution is -2.51. The number of aliphatic hydroxyl groups is 1. The van der Waals surface area contributed by atoms with E-state index >= 15 is 0 Å². The van der Waals surface area contributed by atoms with Gasteiger partial charge in [-0.1, -0.05) is 51.1 Å². The molecule has 4 rings (SSSR count). The van der Waals surface area contributed by atoms with Crippen LogP contribution in [0.2, 0.25) is 0 Å². The van der Waals surface area contributed by atoms with Crippen molar-refractivity contribution in [2.24, 2.45) is 5.92 Å². The molecule has 0 spiro atoms. The van der Waals surface area contributed by atoms with Gasteiger partial charge in [0.1, 0.15) is 18.0 Å². The maximum atomic E-state index is 13.7. The predicted octanol–water partition coefficient (Wildman–Crippen LogP) is 3.80. The van der Waals surface area contributed by atoms with Gasteiger partial charge in [-0.2, -0.15) is 4.31 Å². The number of fused-ring (bicyclic) bond motifs is 1. The van der Waals surface area contributed by atoms with Gasteiger partial charge in [0.15, 0.2) is 0 Å². The average Bonchev–Trinajstić information content (AvgIpc) is 3.48. The smallest absolute Gasteiger partial charge is 0.410 e. The summed E-state index contributed by atoms with van der Waals surface area (Å²) in [4.78, 5) is 27.1. The second kappa shape index (κ2) is 14.4. The molecule has 0 radical (unpaired) electrons. The molecule has 43 heavy (non-hydrogen) atoms. The quantitative estimate of drug-likeness (QED) is 0.327. The van der Waals surface area contributed by atoms with Gasteiger partial charge in [-0.15, -0.1) is 0 Å². The maximum Gasteiger partial charge on any atom is 0.410 e. The van der Waals surface area contributed by atoms with Gasteiger partial charge < -0.3 is 29.5 Å². The summed E-state index contributed by atoms with van der Waals surface area (Å²) in [6, 6.07) is 14.5. The summed E-state index contributed by atoms with van der Waals surface area (Å²) in [6.07, 6.45) is -1.15. The van der Waals surface area contributed by atoms with Gasteiger partial charge in [0, 0.05) is 32.5 Å². The largest absolute Gasteiger partial charge is 0.497 e. The molecule has 1 saturated carbocycles. The Balaban J connectivity index is 1.48. The number of sulfonamides is 1. The summed E-state index contributed by atoms with van der Waals surface area (Å²) in [6.45, 7) is 6.30. The molecule has 0 bridgehead atoms. The second-order valence-electron chi connectivity index (χ2n) is 11.6. The number of nitrogens with one attached hydrogen (secondary N) is 1. The van der Waals surface area contributed by atoms with Gasteiger partial charge in [-0.3, -0.25) is 0 Å². The zero-order chi connectivity index (χ0) is 31.1. The van der Waals surface area contributed by atoms with E-state index in [0.717, 1.165) is 12.0 Å². The lowest BCUT2D eigenvalue weighted by molar-refractivity contribution is 0.0617. The van der Waals surface area contributed by atoms with E-state index in [1.54, 1.807) is 17.0 Å². The number of carbonyl (C=O) groups excluding carboxylic acids is 2. The molecule has 1 heterocycles. The Hall–Kier alpha value is -3.35. The number of rotatable bonds is 14. The van der Waals surface area contributed by atoms with E-state index in [1.807, 2.05) is 51.1 Å². The van der Waals surface area contributed by atoms with Crippen molar-refractivity contribution < 1.29 is 37.3 Å². The minimum atomic E-state index is -3.97. The first-order valence-electron chi connectivity index (χ1n) is 14.8.